The van der Waals surface area contributed by atoms with Crippen molar-refractivity contribution < 1.29 is 8.42 Å². The smallest absolute Gasteiger partial charge is 0.218 e. The molecular formula is C10H22N2O2S. The summed E-state index contributed by atoms with van der Waals surface area (Å²) >= 11 is 0. The van der Waals surface area contributed by atoms with Gasteiger partial charge in [0.2, 0.25) is 10.0 Å². The van der Waals surface area contributed by atoms with Crippen LogP contribution in [0.1, 0.15) is 39.5 Å². The maximum Gasteiger partial charge on any atom is 0.218 e. The summed E-state index contributed by atoms with van der Waals surface area (Å²) in [6.45, 7) is 4.76. The lowest BCUT2D eigenvalue weighted by Crippen LogP contribution is -2.48. The Kier molecular flexibility index (Phi) is 4.55. The third-order valence-corrected chi connectivity index (χ3v) is 5.77. The minimum Gasteiger partial charge on any atom is -0.329 e. The molecule has 1 saturated heterocycles. The quantitative estimate of drug-likeness (QED) is 0.787. The van der Waals surface area contributed by atoms with Crippen molar-refractivity contribution in [3.63, 3.8) is 0 Å². The van der Waals surface area contributed by atoms with Gasteiger partial charge in [-0.15, -0.1) is 0 Å². The van der Waals surface area contributed by atoms with Crippen LogP contribution in [-0.4, -0.2) is 37.1 Å². The van der Waals surface area contributed by atoms with Crippen LogP contribution in [0.15, 0.2) is 0 Å². The largest absolute Gasteiger partial charge is 0.329 e. The Bertz CT molecular complexity index is 286. The number of sulfonamides is 1. The Morgan fingerprint density at radius 2 is 2.13 bits per heavy atom. The summed E-state index contributed by atoms with van der Waals surface area (Å²) in [5.74, 6) is 0. The molecule has 5 heteroatoms. The monoisotopic (exact) mass is 234 g/mol. The first kappa shape index (κ1) is 12.9. The lowest BCUT2D eigenvalue weighted by molar-refractivity contribution is 0.265. The summed E-state index contributed by atoms with van der Waals surface area (Å²) in [5.41, 5.74) is 5.52. The van der Waals surface area contributed by atoms with E-state index in [-0.39, 0.29) is 12.6 Å². The Morgan fingerprint density at radius 3 is 2.60 bits per heavy atom. The van der Waals surface area contributed by atoms with Gasteiger partial charge < -0.3 is 5.73 Å². The average molecular weight is 234 g/mol. The van der Waals surface area contributed by atoms with Crippen molar-refractivity contribution in [2.24, 2.45) is 5.73 Å². The highest BCUT2D eigenvalue weighted by atomic mass is 32.2. The molecule has 0 aromatic heterocycles. The highest BCUT2D eigenvalue weighted by Crippen LogP contribution is 2.23. The third-order valence-electron chi connectivity index (χ3n) is 3.21. The molecule has 4 nitrogen and oxygen atoms in total. The Hall–Kier alpha value is -0.130. The van der Waals surface area contributed by atoms with Crippen LogP contribution in [0.5, 0.6) is 0 Å². The zero-order chi connectivity index (χ0) is 11.5. The van der Waals surface area contributed by atoms with E-state index in [1.54, 1.807) is 4.31 Å². The molecular weight excluding hydrogens is 212 g/mol. The second kappa shape index (κ2) is 5.27. The normalized spacial score (nSPS) is 26.5. The molecule has 0 aromatic carbocycles. The van der Waals surface area contributed by atoms with Crippen molar-refractivity contribution in [3.05, 3.63) is 0 Å². The molecule has 15 heavy (non-hydrogen) atoms. The SMILES string of the molecule is CCC(CN)S(=O)(=O)N1CCCCC1C. The van der Waals surface area contributed by atoms with Gasteiger partial charge in [0, 0.05) is 19.1 Å². The average Bonchev–Trinajstić information content (AvgIpc) is 2.19. The number of nitrogens with zero attached hydrogens (tertiary/aromatic N) is 1. The summed E-state index contributed by atoms with van der Waals surface area (Å²) in [5, 5.41) is -0.405. The van der Waals surface area contributed by atoms with Crippen molar-refractivity contribution >= 4 is 10.0 Å². The second-order valence-corrected chi connectivity index (χ2v) is 6.43. The standard InChI is InChI=1S/C10H22N2O2S/c1-3-10(8-11)15(13,14)12-7-5-4-6-9(12)2/h9-10H,3-8,11H2,1-2H3. The molecule has 1 aliphatic rings. The molecule has 1 fully saturated rings. The highest BCUT2D eigenvalue weighted by molar-refractivity contribution is 7.89. The van der Waals surface area contributed by atoms with Gasteiger partial charge in [0.1, 0.15) is 0 Å². The molecule has 0 saturated carbocycles. The van der Waals surface area contributed by atoms with E-state index < -0.39 is 15.3 Å². The van der Waals surface area contributed by atoms with Gasteiger partial charge in [0.25, 0.3) is 0 Å². The molecule has 1 heterocycles. The molecule has 0 spiro atoms. The van der Waals surface area contributed by atoms with Gasteiger partial charge in [-0.3, -0.25) is 0 Å². The van der Waals surface area contributed by atoms with Gasteiger partial charge >= 0.3 is 0 Å². The second-order valence-electron chi connectivity index (χ2n) is 4.27. The molecule has 0 aromatic rings. The van der Waals surface area contributed by atoms with E-state index in [9.17, 15) is 8.42 Å². The molecule has 0 aliphatic carbocycles. The minimum absolute atomic E-state index is 0.143. The van der Waals surface area contributed by atoms with Crippen molar-refractivity contribution in [1.82, 2.24) is 4.31 Å². The van der Waals surface area contributed by atoms with Crippen LogP contribution < -0.4 is 5.73 Å². The first-order valence-electron chi connectivity index (χ1n) is 5.74. The van der Waals surface area contributed by atoms with Gasteiger partial charge in [-0.05, 0) is 26.2 Å². The van der Waals surface area contributed by atoms with Crippen molar-refractivity contribution in [1.29, 1.82) is 0 Å². The van der Waals surface area contributed by atoms with Crippen LogP contribution in [0, 0.1) is 0 Å². The number of piperidine rings is 1. The van der Waals surface area contributed by atoms with Crippen LogP contribution in [0.4, 0.5) is 0 Å². The summed E-state index contributed by atoms with van der Waals surface area (Å²) in [7, 11) is -3.17. The van der Waals surface area contributed by atoms with Gasteiger partial charge in [-0.25, -0.2) is 8.42 Å². The molecule has 0 amide bonds. The number of nitrogens with two attached hydrogens (primary N) is 1. The third kappa shape index (κ3) is 2.71. The Morgan fingerprint density at radius 1 is 1.47 bits per heavy atom. The van der Waals surface area contributed by atoms with E-state index >= 15 is 0 Å². The van der Waals surface area contributed by atoms with Crippen molar-refractivity contribution in [2.45, 2.75) is 50.8 Å². The summed E-state index contributed by atoms with van der Waals surface area (Å²) in [6, 6.07) is 0.143. The van der Waals surface area contributed by atoms with E-state index in [4.69, 9.17) is 5.73 Å². The lowest BCUT2D eigenvalue weighted by Gasteiger charge is -2.34. The molecule has 90 valence electrons. The van der Waals surface area contributed by atoms with Crippen LogP contribution in [0.3, 0.4) is 0 Å². The Balaban J connectivity index is 2.83. The molecule has 2 atom stereocenters. The molecule has 1 rings (SSSR count). The predicted molar refractivity (Wildman–Crippen MR) is 62.1 cm³/mol. The summed E-state index contributed by atoms with van der Waals surface area (Å²) in [4.78, 5) is 0. The summed E-state index contributed by atoms with van der Waals surface area (Å²) in [6.07, 6.45) is 3.68. The van der Waals surface area contributed by atoms with Crippen LogP contribution in [0.25, 0.3) is 0 Å². The predicted octanol–water partition coefficient (Wildman–Crippen LogP) is 0.928. The Labute approximate surface area is 92.9 Å². The molecule has 0 bridgehead atoms. The molecule has 2 unspecified atom stereocenters. The van der Waals surface area contributed by atoms with Gasteiger partial charge in [-0.2, -0.15) is 4.31 Å². The van der Waals surface area contributed by atoms with Crippen LogP contribution in [-0.2, 0) is 10.0 Å². The maximum atomic E-state index is 12.2. The van der Waals surface area contributed by atoms with Crippen molar-refractivity contribution in [2.75, 3.05) is 13.1 Å². The maximum absolute atomic E-state index is 12.2. The number of hydrogen-bond acceptors (Lipinski definition) is 3. The van der Waals surface area contributed by atoms with Crippen LogP contribution >= 0.6 is 0 Å². The fourth-order valence-corrected chi connectivity index (χ4v) is 4.18. The van der Waals surface area contributed by atoms with Gasteiger partial charge in [0.05, 0.1) is 5.25 Å². The van der Waals surface area contributed by atoms with Gasteiger partial charge in [0.15, 0.2) is 0 Å². The van der Waals surface area contributed by atoms with Crippen LogP contribution in [0.2, 0.25) is 0 Å². The van der Waals surface area contributed by atoms with E-state index in [2.05, 4.69) is 0 Å². The fourth-order valence-electron chi connectivity index (χ4n) is 2.14. The zero-order valence-electron chi connectivity index (χ0n) is 9.65. The van der Waals surface area contributed by atoms with Gasteiger partial charge in [-0.1, -0.05) is 13.3 Å². The lowest BCUT2D eigenvalue weighted by atomic mass is 10.1. The minimum atomic E-state index is -3.17. The number of rotatable bonds is 4. The topological polar surface area (TPSA) is 63.4 Å². The van der Waals surface area contributed by atoms with E-state index in [1.807, 2.05) is 13.8 Å². The number of hydrogen-bond donors (Lipinski definition) is 1. The van der Waals surface area contributed by atoms with E-state index in [1.165, 1.54) is 0 Å². The molecule has 0 radical (unpaired) electrons. The summed E-state index contributed by atoms with van der Waals surface area (Å²) < 4.78 is 26.1. The van der Waals surface area contributed by atoms with E-state index in [0.717, 1.165) is 19.3 Å². The van der Waals surface area contributed by atoms with E-state index in [0.29, 0.717) is 13.0 Å². The highest BCUT2D eigenvalue weighted by Gasteiger charge is 2.34. The molecule has 1 aliphatic heterocycles. The zero-order valence-corrected chi connectivity index (χ0v) is 10.5. The first-order valence-corrected chi connectivity index (χ1v) is 7.25. The van der Waals surface area contributed by atoms with Crippen molar-refractivity contribution in [3.8, 4) is 0 Å². The fraction of sp³-hybridized carbons (Fsp3) is 1.00. The molecule has 2 N–H and O–H groups in total. The first-order chi connectivity index (χ1) is 7.04.